The lowest BCUT2D eigenvalue weighted by Gasteiger charge is -2.10. The van der Waals surface area contributed by atoms with Crippen LogP contribution in [0.3, 0.4) is 0 Å². The number of anilines is 3. The number of nitrogens with one attached hydrogen (secondary N) is 2. The van der Waals surface area contributed by atoms with Gasteiger partial charge in [0.25, 0.3) is 0 Å². The highest BCUT2D eigenvalue weighted by atomic mass is 35.5. The van der Waals surface area contributed by atoms with Crippen LogP contribution in [0.4, 0.5) is 17.5 Å². The topological polar surface area (TPSA) is 122 Å². The van der Waals surface area contributed by atoms with E-state index in [0.717, 1.165) is 0 Å². The van der Waals surface area contributed by atoms with Crippen molar-refractivity contribution in [2.75, 3.05) is 17.3 Å². The fourth-order valence-corrected chi connectivity index (χ4v) is 3.54. The number of H-pyrrole nitrogens is 1. The number of aromatic nitrogens is 5. The zero-order valence-corrected chi connectivity index (χ0v) is 14.2. The molecule has 1 atom stereocenters. The molecule has 3 rings (SSSR count). The highest BCUT2D eigenvalue weighted by molar-refractivity contribution is 7.99. The van der Waals surface area contributed by atoms with E-state index in [4.69, 9.17) is 17.3 Å². The van der Waals surface area contributed by atoms with E-state index in [1.807, 2.05) is 0 Å². The van der Waals surface area contributed by atoms with Crippen LogP contribution < -0.4 is 11.1 Å². The lowest BCUT2D eigenvalue weighted by Crippen LogP contribution is -2.03. The predicted molar refractivity (Wildman–Crippen MR) is 96.0 cm³/mol. The molecule has 0 aliphatic heterocycles. The van der Waals surface area contributed by atoms with Crippen molar-refractivity contribution >= 4 is 44.4 Å². The van der Waals surface area contributed by atoms with Gasteiger partial charge in [-0.3, -0.25) is 4.21 Å². The molecule has 0 aliphatic carbocycles. The van der Waals surface area contributed by atoms with Crippen molar-refractivity contribution in [2.45, 2.75) is 4.90 Å². The Labute approximate surface area is 143 Å². The molecule has 0 saturated heterocycles. The number of rotatable bonds is 4. The summed E-state index contributed by atoms with van der Waals surface area (Å²) in [5, 5.41) is 13.5. The first kappa shape index (κ1) is 16.2. The summed E-state index contributed by atoms with van der Waals surface area (Å²) in [7, 11) is -2.39. The number of nitrogen functional groups attached to an aromatic ring is 1. The molecule has 1 unspecified atom stereocenters. The second-order valence-electron chi connectivity index (χ2n) is 5.12. The molecule has 2 heterocycles. The summed E-state index contributed by atoms with van der Waals surface area (Å²) in [6, 6.07) is 5.02. The first-order valence-corrected chi connectivity index (χ1v) is 9.23. The molecule has 0 aliphatic rings. The van der Waals surface area contributed by atoms with Gasteiger partial charge < -0.3 is 11.1 Å². The Morgan fingerprint density at radius 2 is 2.17 bits per heavy atom. The fourth-order valence-electron chi connectivity index (χ4n) is 2.04. The average Bonchev–Trinajstić information content (AvgIpc) is 3.00. The minimum Gasteiger partial charge on any atom is -0.383 e. The van der Waals surface area contributed by atoms with Gasteiger partial charge in [0.1, 0.15) is 11.5 Å². The Kier molecular flexibility index (Phi) is 4.12. The van der Waals surface area contributed by atoms with Gasteiger partial charge in [-0.1, -0.05) is 11.6 Å². The molecule has 0 spiro atoms. The predicted octanol–water partition coefficient (Wildman–Crippen LogP) is 1.95. The van der Waals surface area contributed by atoms with Crippen molar-refractivity contribution in [1.82, 2.24) is 25.4 Å². The standard InChI is InChI=1S/C14H14ClN7OS/c1-24(2,23)12-4-3-8(5-10(12)15)19-14-17-6-9(13(16)20-14)11-7-18-22-21-11/h3-7H,1H2,2H3,(H,18,21,22)(H3,16,17,19,20). The van der Waals surface area contributed by atoms with E-state index in [1.54, 1.807) is 24.4 Å². The monoisotopic (exact) mass is 363 g/mol. The summed E-state index contributed by atoms with van der Waals surface area (Å²) in [5.74, 6) is 4.19. The van der Waals surface area contributed by atoms with Crippen molar-refractivity contribution in [1.29, 1.82) is 0 Å². The minimum absolute atomic E-state index is 0.262. The van der Waals surface area contributed by atoms with Crippen LogP contribution in [0.25, 0.3) is 11.3 Å². The quantitative estimate of drug-likeness (QED) is 0.605. The van der Waals surface area contributed by atoms with Gasteiger partial charge in [0.2, 0.25) is 5.95 Å². The van der Waals surface area contributed by atoms with E-state index in [9.17, 15) is 4.21 Å². The Morgan fingerprint density at radius 3 is 2.75 bits per heavy atom. The van der Waals surface area contributed by atoms with Crippen LogP contribution in [0, 0.1) is 0 Å². The van der Waals surface area contributed by atoms with E-state index >= 15 is 0 Å². The number of nitrogens with two attached hydrogens (primary N) is 1. The zero-order valence-electron chi connectivity index (χ0n) is 12.7. The highest BCUT2D eigenvalue weighted by Crippen LogP contribution is 2.27. The molecule has 4 N–H and O–H groups in total. The number of nitrogens with zero attached hydrogens (tertiary/aromatic N) is 4. The van der Waals surface area contributed by atoms with Crippen LogP contribution in [-0.4, -0.2) is 41.7 Å². The van der Waals surface area contributed by atoms with Crippen molar-refractivity contribution in [3.8, 4) is 11.3 Å². The van der Waals surface area contributed by atoms with Gasteiger partial charge in [-0.25, -0.2) is 4.98 Å². The lowest BCUT2D eigenvalue weighted by atomic mass is 10.2. The summed E-state index contributed by atoms with van der Waals surface area (Å²) in [5.41, 5.74) is 7.70. The van der Waals surface area contributed by atoms with Gasteiger partial charge in [-0.2, -0.15) is 20.4 Å². The normalized spacial score (nSPS) is 13.4. The fraction of sp³-hybridized carbons (Fsp3) is 0.0714. The van der Waals surface area contributed by atoms with Crippen LogP contribution in [0.5, 0.6) is 0 Å². The summed E-state index contributed by atoms with van der Waals surface area (Å²) < 4.78 is 12.0. The maximum absolute atomic E-state index is 12.0. The Bertz CT molecular complexity index is 986. The van der Waals surface area contributed by atoms with Crippen LogP contribution in [0.1, 0.15) is 0 Å². The first-order valence-electron chi connectivity index (χ1n) is 6.72. The number of benzene rings is 1. The molecule has 8 nitrogen and oxygen atoms in total. The molecule has 1 aromatic carbocycles. The maximum atomic E-state index is 12.0. The molecule has 2 aromatic heterocycles. The Balaban J connectivity index is 1.87. The van der Waals surface area contributed by atoms with Crippen LogP contribution in [0.2, 0.25) is 5.02 Å². The smallest absolute Gasteiger partial charge is 0.229 e. The van der Waals surface area contributed by atoms with E-state index in [1.165, 1.54) is 12.5 Å². The van der Waals surface area contributed by atoms with E-state index in [2.05, 4.69) is 36.6 Å². The van der Waals surface area contributed by atoms with Crippen LogP contribution in [-0.2, 0) is 9.52 Å². The third-order valence-electron chi connectivity index (χ3n) is 3.16. The molecule has 10 heteroatoms. The third kappa shape index (κ3) is 3.31. The molecule has 0 amide bonds. The summed E-state index contributed by atoms with van der Waals surface area (Å²) in [6.45, 7) is 0. The zero-order chi connectivity index (χ0) is 17.3. The molecule has 24 heavy (non-hydrogen) atoms. The van der Waals surface area contributed by atoms with Crippen LogP contribution >= 0.6 is 11.6 Å². The van der Waals surface area contributed by atoms with Crippen molar-refractivity contribution < 1.29 is 4.21 Å². The number of aromatic amines is 1. The number of halogens is 1. The molecule has 0 radical (unpaired) electrons. The molecule has 0 saturated carbocycles. The van der Waals surface area contributed by atoms with Crippen LogP contribution in [0.15, 0.2) is 35.5 Å². The van der Waals surface area contributed by atoms with Crippen molar-refractivity contribution in [2.24, 2.45) is 0 Å². The van der Waals surface area contributed by atoms with Crippen molar-refractivity contribution in [3.63, 3.8) is 0 Å². The molecule has 0 bridgehead atoms. The van der Waals surface area contributed by atoms with Gasteiger partial charge in [-0.15, -0.1) is 0 Å². The van der Waals surface area contributed by atoms with E-state index in [0.29, 0.717) is 32.8 Å². The second kappa shape index (κ2) is 6.10. The van der Waals surface area contributed by atoms with Gasteiger partial charge in [0, 0.05) is 23.0 Å². The molecule has 3 aromatic rings. The third-order valence-corrected chi connectivity index (χ3v) is 4.87. The van der Waals surface area contributed by atoms with Gasteiger partial charge in [-0.05, 0) is 33.6 Å². The van der Waals surface area contributed by atoms with Crippen molar-refractivity contribution in [3.05, 3.63) is 35.6 Å². The summed E-state index contributed by atoms with van der Waals surface area (Å²) >= 11 is 6.16. The summed E-state index contributed by atoms with van der Waals surface area (Å²) in [6.07, 6.45) is 4.61. The van der Waals surface area contributed by atoms with Gasteiger partial charge in [0.05, 0.1) is 16.8 Å². The second-order valence-corrected chi connectivity index (χ2v) is 7.98. The first-order chi connectivity index (χ1) is 11.3. The SMILES string of the molecule is C=S(C)(=O)c1ccc(Nc2ncc(-c3cn[nH]n3)c(N)n2)cc1Cl. The summed E-state index contributed by atoms with van der Waals surface area (Å²) in [4.78, 5) is 8.88. The van der Waals surface area contributed by atoms with E-state index < -0.39 is 9.52 Å². The average molecular weight is 364 g/mol. The Morgan fingerprint density at radius 1 is 1.38 bits per heavy atom. The minimum atomic E-state index is -2.39. The highest BCUT2D eigenvalue weighted by Gasteiger charge is 2.11. The largest absolute Gasteiger partial charge is 0.383 e. The number of hydrogen-bond donors (Lipinski definition) is 3. The van der Waals surface area contributed by atoms with E-state index in [-0.39, 0.29) is 5.82 Å². The maximum Gasteiger partial charge on any atom is 0.229 e. The number of hydrogen-bond acceptors (Lipinski definition) is 7. The molecular formula is C14H14ClN7OS. The molecular weight excluding hydrogens is 350 g/mol. The Hall–Kier alpha value is -2.65. The van der Waals surface area contributed by atoms with Gasteiger partial charge >= 0.3 is 0 Å². The lowest BCUT2D eigenvalue weighted by molar-refractivity contribution is 0.685. The van der Waals surface area contributed by atoms with Gasteiger partial charge in [0.15, 0.2) is 0 Å². The molecule has 0 fully saturated rings. The molecule has 124 valence electrons.